The third-order valence-corrected chi connectivity index (χ3v) is 3.20. The first-order valence-corrected chi connectivity index (χ1v) is 5.74. The number of β-amino-alcohol motifs (C(OH)–C–C–N with tert-alkyl or cyclic N) is 1. The van der Waals surface area contributed by atoms with Crippen molar-refractivity contribution in [3.05, 3.63) is 29.6 Å². The molecule has 0 aromatic carbocycles. The summed E-state index contributed by atoms with van der Waals surface area (Å²) >= 11 is 0. The van der Waals surface area contributed by atoms with Crippen LogP contribution in [0.3, 0.4) is 0 Å². The number of likely N-dealkylation sites (tertiary alicyclic amines) is 1. The lowest BCUT2D eigenvalue weighted by Crippen LogP contribution is -2.63. The zero-order chi connectivity index (χ0) is 12.5. The number of carbonyl (C=O) groups is 1. The van der Waals surface area contributed by atoms with Gasteiger partial charge in [0.05, 0.1) is 18.7 Å². The Morgan fingerprint density at radius 3 is 2.76 bits per heavy atom. The number of amides is 1. The van der Waals surface area contributed by atoms with Crippen LogP contribution in [-0.4, -0.2) is 39.6 Å². The van der Waals surface area contributed by atoms with Crippen molar-refractivity contribution in [1.82, 2.24) is 9.88 Å². The van der Waals surface area contributed by atoms with E-state index < -0.39 is 5.60 Å². The number of rotatable bonds is 3. The van der Waals surface area contributed by atoms with Gasteiger partial charge in [0.1, 0.15) is 5.69 Å². The van der Waals surface area contributed by atoms with Gasteiger partial charge in [0.2, 0.25) is 0 Å². The van der Waals surface area contributed by atoms with Gasteiger partial charge < -0.3 is 15.7 Å². The minimum absolute atomic E-state index is 0.133. The van der Waals surface area contributed by atoms with Gasteiger partial charge in [-0.3, -0.25) is 9.78 Å². The van der Waals surface area contributed by atoms with Gasteiger partial charge in [0.25, 0.3) is 5.91 Å². The first kappa shape index (κ1) is 12.0. The lowest BCUT2D eigenvalue weighted by molar-refractivity contribution is -0.0828. The molecule has 1 aromatic rings. The predicted molar refractivity (Wildman–Crippen MR) is 63.3 cm³/mol. The Balaban J connectivity index is 2.01. The lowest BCUT2D eigenvalue weighted by atomic mass is 9.91. The Morgan fingerprint density at radius 1 is 1.59 bits per heavy atom. The average Bonchev–Trinajstić information content (AvgIpc) is 2.34. The van der Waals surface area contributed by atoms with Gasteiger partial charge in [0.15, 0.2) is 0 Å². The Hall–Kier alpha value is -1.46. The van der Waals surface area contributed by atoms with Gasteiger partial charge in [-0.25, -0.2) is 0 Å². The summed E-state index contributed by atoms with van der Waals surface area (Å²) in [5, 5.41) is 9.84. The number of nitrogens with zero attached hydrogens (tertiary/aromatic N) is 2. The summed E-state index contributed by atoms with van der Waals surface area (Å²) in [6, 6.07) is 3.47. The molecule has 0 atom stereocenters. The van der Waals surface area contributed by atoms with Crippen LogP contribution in [0.4, 0.5) is 0 Å². The van der Waals surface area contributed by atoms with E-state index in [2.05, 4.69) is 4.98 Å². The second-order valence-corrected chi connectivity index (χ2v) is 4.49. The van der Waals surface area contributed by atoms with E-state index in [1.54, 1.807) is 23.2 Å². The monoisotopic (exact) mass is 235 g/mol. The molecule has 0 radical (unpaired) electrons. The van der Waals surface area contributed by atoms with Crippen LogP contribution in [0.25, 0.3) is 0 Å². The molecule has 1 aliphatic heterocycles. The second-order valence-electron chi connectivity index (χ2n) is 4.49. The van der Waals surface area contributed by atoms with Crippen molar-refractivity contribution in [2.24, 2.45) is 5.73 Å². The minimum atomic E-state index is -0.702. The molecule has 1 amide bonds. The third-order valence-electron chi connectivity index (χ3n) is 3.20. The molecule has 0 aliphatic carbocycles. The van der Waals surface area contributed by atoms with Crippen LogP contribution in [-0.2, 0) is 6.54 Å². The number of hydrogen-bond acceptors (Lipinski definition) is 4. The molecule has 1 aromatic heterocycles. The Morgan fingerprint density at radius 2 is 2.29 bits per heavy atom. The van der Waals surface area contributed by atoms with E-state index in [0.29, 0.717) is 31.7 Å². The molecule has 1 aliphatic rings. The third kappa shape index (κ3) is 2.30. The van der Waals surface area contributed by atoms with Gasteiger partial charge in [-0.15, -0.1) is 0 Å². The van der Waals surface area contributed by atoms with Crippen molar-refractivity contribution in [3.63, 3.8) is 0 Å². The SMILES string of the molecule is CCC1(O)CN(C(=O)c2ccc(CN)cn2)C1. The van der Waals surface area contributed by atoms with Gasteiger partial charge in [0, 0.05) is 12.7 Å². The molecule has 0 spiro atoms. The van der Waals surface area contributed by atoms with E-state index in [9.17, 15) is 9.90 Å². The highest BCUT2D eigenvalue weighted by Gasteiger charge is 2.42. The summed E-state index contributed by atoms with van der Waals surface area (Å²) < 4.78 is 0. The number of pyridine rings is 1. The Kier molecular flexibility index (Phi) is 3.13. The normalized spacial score (nSPS) is 17.7. The smallest absolute Gasteiger partial charge is 0.272 e. The number of aliphatic hydroxyl groups is 1. The van der Waals surface area contributed by atoms with Crippen molar-refractivity contribution in [2.45, 2.75) is 25.5 Å². The Bertz CT molecular complexity index is 410. The number of aromatic nitrogens is 1. The van der Waals surface area contributed by atoms with Crippen molar-refractivity contribution in [2.75, 3.05) is 13.1 Å². The molecule has 3 N–H and O–H groups in total. The highest BCUT2D eigenvalue weighted by Crippen LogP contribution is 2.25. The van der Waals surface area contributed by atoms with Crippen LogP contribution in [0, 0.1) is 0 Å². The van der Waals surface area contributed by atoms with Crippen LogP contribution < -0.4 is 5.73 Å². The van der Waals surface area contributed by atoms with Crippen molar-refractivity contribution in [3.8, 4) is 0 Å². The van der Waals surface area contributed by atoms with E-state index in [1.807, 2.05) is 6.92 Å². The molecule has 2 rings (SSSR count). The standard InChI is InChI=1S/C12H17N3O2/c1-2-12(17)7-15(8-12)11(16)10-4-3-9(5-13)6-14-10/h3-4,6,17H,2,5,7-8,13H2,1H3. The number of carbonyl (C=O) groups excluding carboxylic acids is 1. The van der Waals surface area contributed by atoms with Crippen molar-refractivity contribution < 1.29 is 9.90 Å². The summed E-state index contributed by atoms with van der Waals surface area (Å²) in [6.07, 6.45) is 2.27. The molecule has 5 nitrogen and oxygen atoms in total. The van der Waals surface area contributed by atoms with E-state index in [4.69, 9.17) is 5.73 Å². The molecule has 2 heterocycles. The summed E-state index contributed by atoms with van der Waals surface area (Å²) in [5.41, 5.74) is 6.06. The quantitative estimate of drug-likeness (QED) is 0.781. The fraction of sp³-hybridized carbons (Fsp3) is 0.500. The maximum atomic E-state index is 12.0. The zero-order valence-electron chi connectivity index (χ0n) is 9.89. The molecule has 0 bridgehead atoms. The van der Waals surface area contributed by atoms with Gasteiger partial charge in [-0.05, 0) is 18.1 Å². The van der Waals surface area contributed by atoms with E-state index in [1.165, 1.54) is 0 Å². The van der Waals surface area contributed by atoms with Gasteiger partial charge >= 0.3 is 0 Å². The topological polar surface area (TPSA) is 79.5 Å². The summed E-state index contributed by atoms with van der Waals surface area (Å²) in [5.74, 6) is -0.133. The predicted octanol–water partition coefficient (Wildman–Crippen LogP) is 0.137. The fourth-order valence-corrected chi connectivity index (χ4v) is 1.87. The van der Waals surface area contributed by atoms with Crippen molar-refractivity contribution in [1.29, 1.82) is 0 Å². The first-order valence-electron chi connectivity index (χ1n) is 5.74. The maximum Gasteiger partial charge on any atom is 0.272 e. The van der Waals surface area contributed by atoms with E-state index >= 15 is 0 Å². The molecule has 1 fully saturated rings. The van der Waals surface area contributed by atoms with E-state index in [0.717, 1.165) is 5.56 Å². The molecule has 5 heteroatoms. The van der Waals surface area contributed by atoms with Gasteiger partial charge in [-0.2, -0.15) is 0 Å². The molecule has 1 saturated heterocycles. The molecule has 0 unspecified atom stereocenters. The highest BCUT2D eigenvalue weighted by atomic mass is 16.3. The van der Waals surface area contributed by atoms with Crippen molar-refractivity contribution >= 4 is 5.91 Å². The molecule has 17 heavy (non-hydrogen) atoms. The Labute approximate surface area is 100 Å². The second kappa shape index (κ2) is 4.43. The maximum absolute atomic E-state index is 12.0. The van der Waals surface area contributed by atoms with Crippen LogP contribution in [0.15, 0.2) is 18.3 Å². The summed E-state index contributed by atoms with van der Waals surface area (Å²) in [6.45, 7) is 3.11. The summed E-state index contributed by atoms with van der Waals surface area (Å²) in [7, 11) is 0. The van der Waals surface area contributed by atoms with Crippen LogP contribution in [0.5, 0.6) is 0 Å². The molecular formula is C12H17N3O2. The van der Waals surface area contributed by atoms with Crippen LogP contribution >= 0.6 is 0 Å². The van der Waals surface area contributed by atoms with Crippen LogP contribution in [0.1, 0.15) is 29.4 Å². The van der Waals surface area contributed by atoms with Gasteiger partial charge in [-0.1, -0.05) is 13.0 Å². The highest BCUT2D eigenvalue weighted by molar-refractivity contribution is 5.93. The molecule has 92 valence electrons. The number of nitrogens with two attached hydrogens (primary N) is 1. The average molecular weight is 235 g/mol. The largest absolute Gasteiger partial charge is 0.386 e. The fourth-order valence-electron chi connectivity index (χ4n) is 1.87. The zero-order valence-corrected chi connectivity index (χ0v) is 9.89. The summed E-state index contributed by atoms with van der Waals surface area (Å²) in [4.78, 5) is 17.6. The molecule has 0 saturated carbocycles. The number of hydrogen-bond donors (Lipinski definition) is 2. The lowest BCUT2D eigenvalue weighted by Gasteiger charge is -2.45. The molecular weight excluding hydrogens is 218 g/mol. The first-order chi connectivity index (χ1) is 8.08. The van der Waals surface area contributed by atoms with E-state index in [-0.39, 0.29) is 5.91 Å². The van der Waals surface area contributed by atoms with Crippen LogP contribution in [0.2, 0.25) is 0 Å². The minimum Gasteiger partial charge on any atom is -0.386 e.